The van der Waals surface area contributed by atoms with Gasteiger partial charge in [0.1, 0.15) is 5.69 Å². The summed E-state index contributed by atoms with van der Waals surface area (Å²) in [6.07, 6.45) is 3.07. The summed E-state index contributed by atoms with van der Waals surface area (Å²) in [6, 6.07) is 3.45. The van der Waals surface area contributed by atoms with Gasteiger partial charge in [0.15, 0.2) is 0 Å². The third-order valence-corrected chi connectivity index (χ3v) is 2.15. The molecule has 1 aliphatic rings. The Hall–Kier alpha value is -1.38. The molecule has 1 N–H and O–H groups in total. The fraction of sp³-hybridized carbons (Fsp3) is 0.333. The minimum absolute atomic E-state index is 0.163. The number of aryl methyl sites for hydroxylation is 2. The predicted octanol–water partition coefficient (Wildman–Crippen LogP) is 1.27. The zero-order valence-corrected chi connectivity index (χ0v) is 6.58. The number of pyridine rings is 1. The van der Waals surface area contributed by atoms with Crippen LogP contribution in [0, 0.1) is 0 Å². The normalized spacial score (nSPS) is 14.3. The molecule has 0 radical (unpaired) electrons. The molecule has 0 saturated carbocycles. The van der Waals surface area contributed by atoms with Crippen molar-refractivity contribution in [2.45, 2.75) is 19.3 Å². The maximum atomic E-state index is 10.5. The smallest absolute Gasteiger partial charge is 0.354 e. The molecule has 0 bridgehead atoms. The molecule has 0 amide bonds. The van der Waals surface area contributed by atoms with Crippen molar-refractivity contribution in [1.82, 2.24) is 4.98 Å². The van der Waals surface area contributed by atoms with Crippen molar-refractivity contribution >= 4 is 5.97 Å². The summed E-state index contributed by atoms with van der Waals surface area (Å²) in [5.41, 5.74) is 2.34. The Labute approximate surface area is 70.1 Å². The van der Waals surface area contributed by atoms with Crippen molar-refractivity contribution in [3.05, 3.63) is 29.1 Å². The highest BCUT2D eigenvalue weighted by atomic mass is 16.4. The topological polar surface area (TPSA) is 50.2 Å². The molecule has 62 valence electrons. The quantitative estimate of drug-likeness (QED) is 0.678. The number of nitrogens with zero attached hydrogens (tertiary/aromatic N) is 1. The highest BCUT2D eigenvalue weighted by Gasteiger charge is 2.14. The molecular weight excluding hydrogens is 154 g/mol. The first-order valence-corrected chi connectivity index (χ1v) is 3.99. The van der Waals surface area contributed by atoms with Crippen LogP contribution in [0.3, 0.4) is 0 Å². The van der Waals surface area contributed by atoms with Crippen molar-refractivity contribution in [3.63, 3.8) is 0 Å². The van der Waals surface area contributed by atoms with E-state index in [2.05, 4.69) is 4.98 Å². The maximum absolute atomic E-state index is 10.5. The number of aromatic carboxylic acids is 1. The van der Waals surface area contributed by atoms with E-state index in [-0.39, 0.29) is 5.69 Å². The summed E-state index contributed by atoms with van der Waals surface area (Å²) < 4.78 is 0. The molecule has 0 aliphatic heterocycles. The van der Waals surface area contributed by atoms with Crippen LogP contribution in [-0.2, 0) is 12.8 Å². The van der Waals surface area contributed by atoms with Crippen molar-refractivity contribution < 1.29 is 9.90 Å². The molecule has 0 aromatic carbocycles. The van der Waals surface area contributed by atoms with Gasteiger partial charge in [-0.1, -0.05) is 6.07 Å². The van der Waals surface area contributed by atoms with E-state index >= 15 is 0 Å². The first kappa shape index (κ1) is 7.28. The maximum Gasteiger partial charge on any atom is 0.354 e. The van der Waals surface area contributed by atoms with Gasteiger partial charge in [-0.2, -0.15) is 0 Å². The van der Waals surface area contributed by atoms with Crippen LogP contribution in [0.4, 0.5) is 0 Å². The molecule has 0 spiro atoms. The van der Waals surface area contributed by atoms with Gasteiger partial charge >= 0.3 is 5.97 Å². The molecule has 12 heavy (non-hydrogen) atoms. The lowest BCUT2D eigenvalue weighted by Crippen LogP contribution is -2.02. The van der Waals surface area contributed by atoms with Gasteiger partial charge in [-0.25, -0.2) is 9.78 Å². The lowest BCUT2D eigenvalue weighted by atomic mass is 10.2. The monoisotopic (exact) mass is 163 g/mol. The highest BCUT2D eigenvalue weighted by molar-refractivity contribution is 5.85. The van der Waals surface area contributed by atoms with E-state index in [1.54, 1.807) is 6.07 Å². The van der Waals surface area contributed by atoms with Crippen LogP contribution in [-0.4, -0.2) is 16.1 Å². The minimum atomic E-state index is -0.940. The van der Waals surface area contributed by atoms with Crippen LogP contribution in [0.5, 0.6) is 0 Å². The van der Waals surface area contributed by atoms with Gasteiger partial charge in [0.25, 0.3) is 0 Å². The molecule has 0 unspecified atom stereocenters. The van der Waals surface area contributed by atoms with Gasteiger partial charge < -0.3 is 5.11 Å². The van der Waals surface area contributed by atoms with Crippen LogP contribution in [0.1, 0.15) is 28.2 Å². The summed E-state index contributed by atoms with van der Waals surface area (Å²) in [7, 11) is 0. The van der Waals surface area contributed by atoms with E-state index in [1.165, 1.54) is 5.56 Å². The summed E-state index contributed by atoms with van der Waals surface area (Å²) in [4.78, 5) is 14.6. The number of aromatic nitrogens is 1. The van der Waals surface area contributed by atoms with E-state index in [0.717, 1.165) is 25.0 Å². The average molecular weight is 163 g/mol. The van der Waals surface area contributed by atoms with Crippen LogP contribution in [0.15, 0.2) is 12.1 Å². The molecule has 3 nitrogen and oxygen atoms in total. The summed E-state index contributed by atoms with van der Waals surface area (Å²) in [5, 5.41) is 8.65. The molecule has 1 aromatic rings. The van der Waals surface area contributed by atoms with Crippen molar-refractivity contribution in [2.75, 3.05) is 0 Å². The Morgan fingerprint density at radius 3 is 3.00 bits per heavy atom. The van der Waals surface area contributed by atoms with Gasteiger partial charge in [0.2, 0.25) is 0 Å². The highest BCUT2D eigenvalue weighted by Crippen LogP contribution is 2.19. The Morgan fingerprint density at radius 1 is 1.42 bits per heavy atom. The fourth-order valence-electron chi connectivity index (χ4n) is 1.54. The van der Waals surface area contributed by atoms with E-state index in [9.17, 15) is 4.79 Å². The molecule has 0 fully saturated rings. The third-order valence-electron chi connectivity index (χ3n) is 2.15. The first-order valence-electron chi connectivity index (χ1n) is 3.99. The number of carboxylic acid groups (broad SMARTS) is 1. The molecule has 1 aromatic heterocycles. The van der Waals surface area contributed by atoms with Gasteiger partial charge in [-0.3, -0.25) is 0 Å². The Kier molecular flexibility index (Phi) is 1.57. The Morgan fingerprint density at radius 2 is 2.25 bits per heavy atom. The molecule has 2 rings (SSSR count). The third kappa shape index (κ3) is 1.07. The number of hydrogen-bond donors (Lipinski definition) is 1. The van der Waals surface area contributed by atoms with Gasteiger partial charge in [-0.05, 0) is 30.9 Å². The van der Waals surface area contributed by atoms with Crippen LogP contribution in [0.2, 0.25) is 0 Å². The average Bonchev–Trinajstić information content (AvgIpc) is 2.49. The van der Waals surface area contributed by atoms with Crippen LogP contribution < -0.4 is 0 Å². The van der Waals surface area contributed by atoms with Crippen molar-refractivity contribution in [3.8, 4) is 0 Å². The lowest BCUT2D eigenvalue weighted by molar-refractivity contribution is 0.0690. The van der Waals surface area contributed by atoms with Crippen molar-refractivity contribution in [1.29, 1.82) is 0 Å². The van der Waals surface area contributed by atoms with Crippen molar-refractivity contribution in [2.24, 2.45) is 0 Å². The molecule has 0 atom stereocenters. The second kappa shape index (κ2) is 2.59. The van der Waals surface area contributed by atoms with E-state index in [4.69, 9.17) is 5.11 Å². The van der Waals surface area contributed by atoms with Gasteiger partial charge in [-0.15, -0.1) is 0 Å². The zero-order chi connectivity index (χ0) is 8.55. The predicted molar refractivity (Wildman–Crippen MR) is 43.2 cm³/mol. The second-order valence-corrected chi connectivity index (χ2v) is 2.96. The number of carbonyl (C=O) groups is 1. The number of hydrogen-bond acceptors (Lipinski definition) is 2. The summed E-state index contributed by atoms with van der Waals surface area (Å²) in [5.74, 6) is -0.940. The molecule has 1 heterocycles. The fourth-order valence-corrected chi connectivity index (χ4v) is 1.54. The largest absolute Gasteiger partial charge is 0.477 e. The molecule has 3 heteroatoms. The van der Waals surface area contributed by atoms with Gasteiger partial charge in [0.05, 0.1) is 0 Å². The summed E-state index contributed by atoms with van der Waals surface area (Å²) >= 11 is 0. The van der Waals surface area contributed by atoms with Crippen LogP contribution in [0.25, 0.3) is 0 Å². The first-order chi connectivity index (χ1) is 5.77. The van der Waals surface area contributed by atoms with E-state index in [1.807, 2.05) is 6.07 Å². The Bertz CT molecular complexity index is 333. The SMILES string of the molecule is O=C(O)c1ccc2c(n1)CCC2. The zero-order valence-electron chi connectivity index (χ0n) is 6.58. The molecular formula is C9H9NO2. The van der Waals surface area contributed by atoms with E-state index < -0.39 is 5.97 Å². The number of carboxylic acids is 1. The number of rotatable bonds is 1. The summed E-state index contributed by atoms with van der Waals surface area (Å²) in [6.45, 7) is 0. The van der Waals surface area contributed by atoms with Gasteiger partial charge in [0, 0.05) is 5.69 Å². The minimum Gasteiger partial charge on any atom is -0.477 e. The molecule has 0 saturated heterocycles. The Balaban J connectivity index is 2.45. The lowest BCUT2D eigenvalue weighted by Gasteiger charge is -1.98. The van der Waals surface area contributed by atoms with E-state index in [0.29, 0.717) is 0 Å². The number of fused-ring (bicyclic) bond motifs is 1. The molecule has 1 aliphatic carbocycles. The standard InChI is InChI=1S/C9H9NO2/c11-9(12)8-5-4-6-2-1-3-7(6)10-8/h4-5H,1-3H2,(H,11,12). The second-order valence-electron chi connectivity index (χ2n) is 2.96. The van der Waals surface area contributed by atoms with Crippen LogP contribution >= 0.6 is 0 Å².